The molecule has 2 rings (SSSR count). The molecule has 0 amide bonds. The molecule has 5 heteroatoms. The number of hydrogen-bond donors (Lipinski definition) is 0. The Kier molecular flexibility index (Phi) is 4.78. The molecule has 0 nitrogen and oxygen atoms in total. The zero-order valence-electron chi connectivity index (χ0n) is 10.9. The molecule has 110 valence electrons. The van der Waals surface area contributed by atoms with Gasteiger partial charge in [-0.25, -0.2) is 22.0 Å². The fraction of sp³-hybridized carbons (Fsp3) is 0.467. The lowest BCUT2D eigenvalue weighted by molar-refractivity contribution is 0.371. The Bertz CT molecular complexity index is 486. The minimum Gasteiger partial charge on any atom is -0.203 e. The quantitative estimate of drug-likeness (QED) is 0.316. The van der Waals surface area contributed by atoms with Crippen LogP contribution >= 0.6 is 0 Å². The molecule has 0 bridgehead atoms. The SMILES string of the molecule is Fc1c(F)c(F)c(C/C=C/C2CCCCC2)c(F)c1F. The molecule has 0 spiro atoms. The van der Waals surface area contributed by atoms with E-state index in [1.807, 2.05) is 6.08 Å². The Labute approximate surface area is 114 Å². The van der Waals surface area contributed by atoms with Crippen LogP contribution in [0, 0.1) is 35.0 Å². The lowest BCUT2D eigenvalue weighted by Gasteiger charge is -2.17. The Morgan fingerprint density at radius 2 is 1.25 bits per heavy atom. The van der Waals surface area contributed by atoms with Crippen LogP contribution in [0.1, 0.15) is 37.7 Å². The maximum atomic E-state index is 13.4. The molecule has 0 unspecified atom stereocenters. The summed E-state index contributed by atoms with van der Waals surface area (Å²) in [6.07, 6.45) is 8.44. The maximum Gasteiger partial charge on any atom is 0.200 e. The molecule has 0 atom stereocenters. The lowest BCUT2D eigenvalue weighted by atomic mass is 9.89. The van der Waals surface area contributed by atoms with Crippen molar-refractivity contribution in [3.8, 4) is 0 Å². The van der Waals surface area contributed by atoms with E-state index in [9.17, 15) is 22.0 Å². The van der Waals surface area contributed by atoms with E-state index in [2.05, 4.69) is 0 Å². The van der Waals surface area contributed by atoms with Gasteiger partial charge in [-0.2, -0.15) is 0 Å². The molecule has 0 aromatic heterocycles. The first kappa shape index (κ1) is 15.0. The Hall–Kier alpha value is -1.39. The van der Waals surface area contributed by atoms with Crippen LogP contribution in [0.3, 0.4) is 0 Å². The van der Waals surface area contributed by atoms with Crippen molar-refractivity contribution in [1.82, 2.24) is 0 Å². The van der Waals surface area contributed by atoms with Gasteiger partial charge in [-0.3, -0.25) is 0 Å². The average Bonchev–Trinajstić information content (AvgIpc) is 2.48. The second kappa shape index (κ2) is 6.37. The molecule has 0 radical (unpaired) electrons. The molecule has 20 heavy (non-hydrogen) atoms. The van der Waals surface area contributed by atoms with Crippen LogP contribution in [-0.4, -0.2) is 0 Å². The second-order valence-electron chi connectivity index (χ2n) is 5.08. The minimum absolute atomic E-state index is 0.289. The summed E-state index contributed by atoms with van der Waals surface area (Å²) in [6.45, 7) is 0. The third-order valence-corrected chi connectivity index (χ3v) is 3.68. The maximum absolute atomic E-state index is 13.4. The van der Waals surface area contributed by atoms with Gasteiger partial charge in [0.15, 0.2) is 23.3 Å². The number of halogens is 5. The molecule has 1 saturated carbocycles. The molecule has 1 aliphatic rings. The van der Waals surface area contributed by atoms with Crippen molar-refractivity contribution in [3.05, 3.63) is 46.8 Å². The fourth-order valence-corrected chi connectivity index (χ4v) is 2.53. The topological polar surface area (TPSA) is 0 Å². The zero-order chi connectivity index (χ0) is 14.7. The molecule has 1 fully saturated rings. The van der Waals surface area contributed by atoms with Crippen molar-refractivity contribution >= 4 is 0 Å². The molecule has 0 aliphatic heterocycles. The summed E-state index contributed by atoms with van der Waals surface area (Å²) in [5.41, 5.74) is -0.770. The number of benzene rings is 1. The summed E-state index contributed by atoms with van der Waals surface area (Å²) >= 11 is 0. The van der Waals surface area contributed by atoms with Gasteiger partial charge in [-0.15, -0.1) is 0 Å². The average molecular weight is 290 g/mol. The van der Waals surface area contributed by atoms with E-state index in [0.29, 0.717) is 5.92 Å². The van der Waals surface area contributed by atoms with E-state index < -0.39 is 34.6 Å². The normalized spacial score (nSPS) is 17.1. The summed E-state index contributed by atoms with van der Waals surface area (Å²) in [6, 6.07) is 0. The van der Waals surface area contributed by atoms with E-state index >= 15 is 0 Å². The van der Waals surface area contributed by atoms with Crippen molar-refractivity contribution in [2.24, 2.45) is 5.92 Å². The first-order valence-electron chi connectivity index (χ1n) is 6.69. The van der Waals surface area contributed by atoms with Gasteiger partial charge in [0.05, 0.1) is 0 Å². The van der Waals surface area contributed by atoms with Crippen molar-refractivity contribution in [3.63, 3.8) is 0 Å². The van der Waals surface area contributed by atoms with E-state index in [-0.39, 0.29) is 6.42 Å². The van der Waals surface area contributed by atoms with E-state index in [1.165, 1.54) is 12.5 Å². The fourth-order valence-electron chi connectivity index (χ4n) is 2.53. The van der Waals surface area contributed by atoms with E-state index in [4.69, 9.17) is 0 Å². The molecule has 1 aliphatic carbocycles. The number of rotatable bonds is 3. The number of hydrogen-bond acceptors (Lipinski definition) is 0. The van der Waals surface area contributed by atoms with Gasteiger partial charge in [-0.05, 0) is 25.2 Å². The highest BCUT2D eigenvalue weighted by Crippen LogP contribution is 2.26. The van der Waals surface area contributed by atoms with Crippen molar-refractivity contribution in [2.75, 3.05) is 0 Å². The first-order chi connectivity index (χ1) is 9.52. The Balaban J connectivity index is 2.15. The number of allylic oxidation sites excluding steroid dienone is 2. The van der Waals surface area contributed by atoms with Crippen LogP contribution in [0.5, 0.6) is 0 Å². The standard InChI is InChI=1S/C15H15F5/c16-11-10(12(17)14(19)15(20)13(11)18)8-4-7-9-5-2-1-3-6-9/h4,7,9H,1-3,5-6,8H2/b7-4+. The summed E-state index contributed by atoms with van der Waals surface area (Å²) in [5.74, 6) is -9.02. The van der Waals surface area contributed by atoms with Gasteiger partial charge in [0.1, 0.15) is 0 Å². The van der Waals surface area contributed by atoms with Crippen molar-refractivity contribution in [2.45, 2.75) is 38.5 Å². The predicted octanol–water partition coefficient (Wildman–Crippen LogP) is 5.06. The summed E-state index contributed by atoms with van der Waals surface area (Å²) in [5, 5.41) is 0. The van der Waals surface area contributed by atoms with Gasteiger partial charge >= 0.3 is 0 Å². The lowest BCUT2D eigenvalue weighted by Crippen LogP contribution is -2.07. The highest BCUT2D eigenvalue weighted by Gasteiger charge is 2.24. The van der Waals surface area contributed by atoms with Crippen LogP contribution in [0.4, 0.5) is 22.0 Å². The van der Waals surface area contributed by atoms with E-state index in [1.54, 1.807) is 0 Å². The van der Waals surface area contributed by atoms with Crippen LogP contribution in [0.2, 0.25) is 0 Å². The highest BCUT2D eigenvalue weighted by molar-refractivity contribution is 5.26. The van der Waals surface area contributed by atoms with Gasteiger partial charge in [-0.1, -0.05) is 31.4 Å². The molecular weight excluding hydrogens is 275 g/mol. The molecule has 0 N–H and O–H groups in total. The van der Waals surface area contributed by atoms with Crippen LogP contribution in [0.25, 0.3) is 0 Å². The Morgan fingerprint density at radius 1 is 0.750 bits per heavy atom. The monoisotopic (exact) mass is 290 g/mol. The van der Waals surface area contributed by atoms with Crippen LogP contribution in [0.15, 0.2) is 12.2 Å². The largest absolute Gasteiger partial charge is 0.203 e. The third-order valence-electron chi connectivity index (χ3n) is 3.68. The zero-order valence-corrected chi connectivity index (χ0v) is 10.9. The first-order valence-corrected chi connectivity index (χ1v) is 6.69. The minimum atomic E-state index is -2.11. The third kappa shape index (κ3) is 3.02. The summed E-state index contributed by atoms with van der Waals surface area (Å²) in [7, 11) is 0. The molecule has 0 heterocycles. The Morgan fingerprint density at radius 3 is 1.80 bits per heavy atom. The predicted molar refractivity (Wildman–Crippen MR) is 65.7 cm³/mol. The molecule has 1 aromatic carbocycles. The summed E-state index contributed by atoms with van der Waals surface area (Å²) in [4.78, 5) is 0. The van der Waals surface area contributed by atoms with Gasteiger partial charge in [0.25, 0.3) is 0 Å². The summed E-state index contributed by atoms with van der Waals surface area (Å²) < 4.78 is 65.7. The van der Waals surface area contributed by atoms with Gasteiger partial charge in [0.2, 0.25) is 5.82 Å². The van der Waals surface area contributed by atoms with Gasteiger partial charge in [0, 0.05) is 5.56 Å². The van der Waals surface area contributed by atoms with Crippen LogP contribution in [-0.2, 0) is 6.42 Å². The molecule has 0 saturated heterocycles. The second-order valence-corrected chi connectivity index (χ2v) is 5.08. The molecule has 1 aromatic rings. The van der Waals surface area contributed by atoms with E-state index in [0.717, 1.165) is 25.7 Å². The smallest absolute Gasteiger partial charge is 0.200 e. The van der Waals surface area contributed by atoms with Crippen molar-refractivity contribution in [1.29, 1.82) is 0 Å². The molecular formula is C15H15F5. The van der Waals surface area contributed by atoms with Crippen molar-refractivity contribution < 1.29 is 22.0 Å². The highest BCUT2D eigenvalue weighted by atomic mass is 19.2. The van der Waals surface area contributed by atoms with Gasteiger partial charge < -0.3 is 0 Å². The van der Waals surface area contributed by atoms with Crippen LogP contribution < -0.4 is 0 Å².